The quantitative estimate of drug-likeness (QED) is 0.620. The number of nitrogens with zero attached hydrogens (tertiary/aromatic N) is 1. The van der Waals surface area contributed by atoms with Gasteiger partial charge in [0.2, 0.25) is 5.91 Å². The number of aromatic nitrogens is 1. The summed E-state index contributed by atoms with van der Waals surface area (Å²) in [6.07, 6.45) is 1.90. The van der Waals surface area contributed by atoms with Gasteiger partial charge < -0.3 is 15.5 Å². The molecule has 1 unspecified atom stereocenters. The lowest BCUT2D eigenvalue weighted by Gasteiger charge is -2.02. The van der Waals surface area contributed by atoms with E-state index in [0.29, 0.717) is 23.3 Å². The van der Waals surface area contributed by atoms with Crippen molar-refractivity contribution < 1.29 is 13.4 Å². The highest BCUT2D eigenvalue weighted by Crippen LogP contribution is 2.20. The molecule has 2 rings (SSSR count). The molecular formula is C13H17N3O3S. The van der Waals surface area contributed by atoms with E-state index in [-0.39, 0.29) is 16.9 Å². The lowest BCUT2D eigenvalue weighted by Crippen LogP contribution is -2.29. The maximum absolute atomic E-state index is 12.0. The molecule has 1 heterocycles. The molecule has 6 nitrogen and oxygen atoms in total. The predicted octanol–water partition coefficient (Wildman–Crippen LogP) is 1.43. The van der Waals surface area contributed by atoms with Crippen LogP contribution in [0.1, 0.15) is 19.8 Å². The molecule has 1 atom stereocenters. The molecule has 0 saturated carbocycles. The van der Waals surface area contributed by atoms with Crippen LogP contribution in [0.4, 0.5) is 5.69 Å². The van der Waals surface area contributed by atoms with E-state index in [9.17, 15) is 9.00 Å². The Morgan fingerprint density at radius 2 is 2.30 bits per heavy atom. The Morgan fingerprint density at radius 1 is 1.50 bits per heavy atom. The molecule has 108 valence electrons. The summed E-state index contributed by atoms with van der Waals surface area (Å²) in [7, 11) is -1.59. The van der Waals surface area contributed by atoms with Crippen molar-refractivity contribution in [1.82, 2.24) is 10.3 Å². The highest BCUT2D eigenvalue weighted by Gasteiger charge is 2.16. The fourth-order valence-electron chi connectivity index (χ4n) is 1.66. The third-order valence-corrected chi connectivity index (χ3v) is 3.79. The summed E-state index contributed by atoms with van der Waals surface area (Å²) in [6, 6.07) is 4.98. The number of carbonyl (C=O) groups excluding carboxylic acids is 1. The van der Waals surface area contributed by atoms with Crippen LogP contribution in [0.25, 0.3) is 11.1 Å². The van der Waals surface area contributed by atoms with Crippen molar-refractivity contribution in [2.45, 2.75) is 25.0 Å². The van der Waals surface area contributed by atoms with Crippen LogP contribution in [0.3, 0.4) is 0 Å². The van der Waals surface area contributed by atoms with Crippen LogP contribution >= 0.6 is 0 Å². The van der Waals surface area contributed by atoms with Gasteiger partial charge in [-0.15, -0.1) is 0 Å². The normalized spacial score (nSPS) is 12.4. The van der Waals surface area contributed by atoms with Crippen molar-refractivity contribution >= 4 is 33.5 Å². The van der Waals surface area contributed by atoms with Gasteiger partial charge in [-0.25, -0.2) is 9.19 Å². The molecule has 0 spiro atoms. The summed E-state index contributed by atoms with van der Waals surface area (Å²) in [4.78, 5) is 15.7. The zero-order valence-corrected chi connectivity index (χ0v) is 12.0. The third-order valence-electron chi connectivity index (χ3n) is 2.70. The molecule has 20 heavy (non-hydrogen) atoms. The number of benzene rings is 1. The van der Waals surface area contributed by atoms with Crippen molar-refractivity contribution in [1.29, 1.82) is 0 Å². The number of nitrogens with one attached hydrogen (secondary N) is 1. The molecule has 1 amide bonds. The van der Waals surface area contributed by atoms with Crippen LogP contribution in [-0.2, 0) is 15.6 Å². The monoisotopic (exact) mass is 295 g/mol. The molecule has 0 radical (unpaired) electrons. The zero-order chi connectivity index (χ0) is 14.5. The van der Waals surface area contributed by atoms with Gasteiger partial charge in [-0.3, -0.25) is 4.79 Å². The Morgan fingerprint density at radius 3 is 3.05 bits per heavy atom. The Balaban J connectivity index is 2.02. The van der Waals surface area contributed by atoms with Crippen LogP contribution in [0.15, 0.2) is 27.8 Å². The van der Waals surface area contributed by atoms with Crippen molar-refractivity contribution in [3.63, 3.8) is 0 Å². The van der Waals surface area contributed by atoms with Crippen molar-refractivity contribution in [3.8, 4) is 0 Å². The summed E-state index contributed by atoms with van der Waals surface area (Å²) in [5, 5.41) is 2.76. The predicted molar refractivity (Wildman–Crippen MR) is 77.6 cm³/mol. The van der Waals surface area contributed by atoms with Crippen LogP contribution in [0.5, 0.6) is 0 Å². The molecule has 0 fully saturated rings. The van der Waals surface area contributed by atoms with E-state index in [2.05, 4.69) is 10.3 Å². The largest absolute Gasteiger partial charge is 0.430 e. The second-order valence-electron chi connectivity index (χ2n) is 4.40. The second-order valence-corrected chi connectivity index (χ2v) is 5.73. The number of hydrogen-bond donors (Lipinski definition) is 2. The minimum absolute atomic E-state index is 0.0521. The van der Waals surface area contributed by atoms with Crippen LogP contribution in [-0.4, -0.2) is 27.4 Å². The molecule has 0 saturated heterocycles. The summed E-state index contributed by atoms with van der Waals surface area (Å²) >= 11 is 0. The van der Waals surface area contributed by atoms with E-state index in [4.69, 9.17) is 10.2 Å². The van der Waals surface area contributed by atoms with Gasteiger partial charge in [-0.05, 0) is 24.6 Å². The van der Waals surface area contributed by atoms with Crippen LogP contribution in [0.2, 0.25) is 0 Å². The van der Waals surface area contributed by atoms with Crippen molar-refractivity contribution in [2.24, 2.45) is 0 Å². The minimum Gasteiger partial charge on any atom is -0.430 e. The van der Waals surface area contributed by atoms with Crippen LogP contribution < -0.4 is 11.1 Å². The van der Waals surface area contributed by atoms with E-state index < -0.39 is 10.8 Å². The molecule has 0 aliphatic rings. The number of oxazole rings is 1. The van der Waals surface area contributed by atoms with E-state index in [0.717, 1.165) is 12.8 Å². The molecule has 1 aromatic carbocycles. The van der Waals surface area contributed by atoms with Gasteiger partial charge in [0, 0.05) is 12.2 Å². The van der Waals surface area contributed by atoms with E-state index >= 15 is 0 Å². The Bertz CT molecular complexity index is 639. The summed E-state index contributed by atoms with van der Waals surface area (Å²) in [5.41, 5.74) is 7.24. The van der Waals surface area contributed by atoms with Gasteiger partial charge in [0.1, 0.15) is 22.1 Å². The highest BCUT2D eigenvalue weighted by atomic mass is 32.2. The number of nitrogens with two attached hydrogens (primary N) is 1. The number of fused-ring (bicyclic) bond motifs is 1. The molecule has 0 aliphatic carbocycles. The number of anilines is 1. The van der Waals surface area contributed by atoms with Crippen molar-refractivity contribution in [2.75, 3.05) is 18.0 Å². The molecule has 0 aliphatic heterocycles. The Labute approximate surface area is 119 Å². The number of unbranched alkanes of at least 4 members (excludes halogenated alkanes) is 1. The highest BCUT2D eigenvalue weighted by molar-refractivity contribution is 7.85. The fraction of sp³-hybridized carbons (Fsp3) is 0.385. The molecule has 1 aromatic heterocycles. The molecule has 0 bridgehead atoms. The lowest BCUT2D eigenvalue weighted by atomic mass is 10.3. The third kappa shape index (κ3) is 3.57. The Hall–Kier alpha value is -1.89. The molecule has 3 N–H and O–H groups in total. The first-order valence-electron chi connectivity index (χ1n) is 6.41. The molecule has 2 aromatic rings. The average molecular weight is 295 g/mol. The number of amides is 1. The number of nitrogen functional groups attached to an aromatic ring is 1. The van der Waals surface area contributed by atoms with E-state index in [1.807, 2.05) is 6.92 Å². The number of rotatable bonds is 6. The van der Waals surface area contributed by atoms with Crippen molar-refractivity contribution in [3.05, 3.63) is 18.2 Å². The van der Waals surface area contributed by atoms with Gasteiger partial charge in [0.15, 0.2) is 5.58 Å². The van der Waals surface area contributed by atoms with Gasteiger partial charge in [-0.2, -0.15) is 0 Å². The average Bonchev–Trinajstić information content (AvgIpc) is 2.82. The molecule has 7 heteroatoms. The summed E-state index contributed by atoms with van der Waals surface area (Å²) in [6.45, 7) is 2.63. The minimum atomic E-state index is -1.59. The summed E-state index contributed by atoms with van der Waals surface area (Å²) in [5.74, 6) is -0.412. The van der Waals surface area contributed by atoms with Crippen LogP contribution in [0, 0.1) is 0 Å². The first-order chi connectivity index (χ1) is 9.60. The number of hydrogen-bond acceptors (Lipinski definition) is 5. The Kier molecular flexibility index (Phi) is 4.73. The number of carbonyl (C=O) groups is 1. The molecular weight excluding hydrogens is 278 g/mol. The second kappa shape index (κ2) is 6.51. The first-order valence-corrected chi connectivity index (χ1v) is 7.73. The lowest BCUT2D eigenvalue weighted by molar-refractivity contribution is -0.118. The van der Waals surface area contributed by atoms with E-state index in [1.165, 1.54) is 0 Å². The maximum Gasteiger partial charge on any atom is 0.288 e. The zero-order valence-electron chi connectivity index (χ0n) is 11.2. The maximum atomic E-state index is 12.0. The van der Waals surface area contributed by atoms with Gasteiger partial charge in [0.25, 0.3) is 5.22 Å². The first kappa shape index (κ1) is 14.5. The standard InChI is InChI=1S/C13H17N3O3S/c1-2-3-6-15-12(17)8-20(18)13-16-10-7-9(14)4-5-11(10)19-13/h4-5,7H,2-3,6,8,14H2,1H3,(H,15,17). The topological polar surface area (TPSA) is 98.2 Å². The van der Waals surface area contributed by atoms with Gasteiger partial charge in [-0.1, -0.05) is 13.3 Å². The fourth-order valence-corrected chi connectivity index (χ4v) is 2.50. The van der Waals surface area contributed by atoms with Gasteiger partial charge >= 0.3 is 0 Å². The summed E-state index contributed by atoms with van der Waals surface area (Å²) < 4.78 is 17.4. The van der Waals surface area contributed by atoms with E-state index in [1.54, 1.807) is 18.2 Å². The van der Waals surface area contributed by atoms with Gasteiger partial charge in [0.05, 0.1) is 0 Å². The SMILES string of the molecule is CCCCNC(=O)CS(=O)c1nc2cc(N)ccc2o1. The smallest absolute Gasteiger partial charge is 0.288 e.